The van der Waals surface area contributed by atoms with Gasteiger partial charge in [0, 0.05) is 30.5 Å². The lowest BCUT2D eigenvalue weighted by molar-refractivity contribution is -0.147. The molecule has 5 aliphatic rings. The molecule has 0 aromatic rings. The molecule has 1 aliphatic heterocycles. The van der Waals surface area contributed by atoms with Gasteiger partial charge in [-0.3, -0.25) is 9.59 Å². The fourth-order valence-electron chi connectivity index (χ4n) is 6.87. The smallest absolute Gasteiger partial charge is 0.226 e. The minimum absolute atomic E-state index is 0.0444. The van der Waals surface area contributed by atoms with Crippen LogP contribution in [0.25, 0.3) is 0 Å². The summed E-state index contributed by atoms with van der Waals surface area (Å²) in [6.07, 6.45) is 11.2. The Kier molecular flexibility index (Phi) is 5.04. The molecule has 4 aliphatic carbocycles. The number of piperidine rings is 1. The van der Waals surface area contributed by atoms with E-state index in [1.54, 1.807) is 0 Å². The third kappa shape index (κ3) is 3.29. The molecule has 4 nitrogen and oxygen atoms in total. The fraction of sp³-hybridized carbons (Fsp3) is 0.909. The molecule has 5 rings (SSSR count). The molecule has 4 saturated carbocycles. The van der Waals surface area contributed by atoms with E-state index in [-0.39, 0.29) is 17.4 Å². The first-order valence-corrected chi connectivity index (χ1v) is 11.1. The number of likely N-dealkylation sites (tertiary alicyclic amines) is 1. The highest BCUT2D eigenvalue weighted by atomic mass is 16.2. The SMILES string of the molecule is CCC(CC)C(=O)N1CCC(NC(=O)C23CC4CC(CC(C4)C2)C3)CC1. The normalized spacial score (nSPS) is 36.6. The lowest BCUT2D eigenvalue weighted by Crippen LogP contribution is -2.56. The average Bonchev–Trinajstić information content (AvgIpc) is 2.62. The number of hydrogen-bond acceptors (Lipinski definition) is 2. The van der Waals surface area contributed by atoms with E-state index >= 15 is 0 Å². The van der Waals surface area contributed by atoms with E-state index in [0.29, 0.717) is 11.8 Å². The Labute approximate surface area is 158 Å². The van der Waals surface area contributed by atoms with Gasteiger partial charge < -0.3 is 10.2 Å². The molecule has 4 bridgehead atoms. The van der Waals surface area contributed by atoms with E-state index in [0.717, 1.165) is 75.8 Å². The zero-order chi connectivity index (χ0) is 18.3. The van der Waals surface area contributed by atoms with Crippen LogP contribution in [0, 0.1) is 29.1 Å². The minimum Gasteiger partial charge on any atom is -0.353 e. The van der Waals surface area contributed by atoms with Crippen LogP contribution >= 0.6 is 0 Å². The van der Waals surface area contributed by atoms with Gasteiger partial charge in [-0.1, -0.05) is 13.8 Å². The first-order chi connectivity index (χ1) is 12.5. The van der Waals surface area contributed by atoms with Crippen LogP contribution in [0.1, 0.15) is 78.1 Å². The van der Waals surface area contributed by atoms with Crippen LogP contribution in [-0.2, 0) is 9.59 Å². The van der Waals surface area contributed by atoms with Crippen molar-refractivity contribution >= 4 is 11.8 Å². The van der Waals surface area contributed by atoms with E-state index in [2.05, 4.69) is 19.2 Å². The van der Waals surface area contributed by atoms with Gasteiger partial charge >= 0.3 is 0 Å². The highest BCUT2D eigenvalue weighted by Gasteiger charge is 2.54. The van der Waals surface area contributed by atoms with Gasteiger partial charge in [0.25, 0.3) is 0 Å². The highest BCUT2D eigenvalue weighted by molar-refractivity contribution is 5.83. The molecule has 26 heavy (non-hydrogen) atoms. The third-order valence-electron chi connectivity index (χ3n) is 8.00. The second-order valence-corrected chi connectivity index (χ2v) is 9.78. The van der Waals surface area contributed by atoms with E-state index in [1.165, 1.54) is 19.3 Å². The number of carbonyl (C=O) groups is 2. The highest BCUT2D eigenvalue weighted by Crippen LogP contribution is 2.60. The molecule has 146 valence electrons. The van der Waals surface area contributed by atoms with Crippen LogP contribution in [0.15, 0.2) is 0 Å². The number of amides is 2. The van der Waals surface area contributed by atoms with Crippen LogP contribution in [0.3, 0.4) is 0 Å². The fourth-order valence-corrected chi connectivity index (χ4v) is 6.87. The summed E-state index contributed by atoms with van der Waals surface area (Å²) < 4.78 is 0. The Hall–Kier alpha value is -1.06. The predicted octanol–water partition coefficient (Wildman–Crippen LogP) is 3.75. The van der Waals surface area contributed by atoms with Crippen molar-refractivity contribution in [3.63, 3.8) is 0 Å². The summed E-state index contributed by atoms with van der Waals surface area (Å²) in [7, 11) is 0. The van der Waals surface area contributed by atoms with Crippen molar-refractivity contribution in [3.05, 3.63) is 0 Å². The standard InChI is InChI=1S/C22H36N2O2/c1-3-18(4-2)20(25)24-7-5-19(6-8-24)23-21(26)22-12-15-9-16(13-22)11-17(10-15)14-22/h15-19H,3-14H2,1-2H3,(H,23,26). The maximum absolute atomic E-state index is 13.2. The largest absolute Gasteiger partial charge is 0.353 e. The Morgan fingerprint density at radius 1 is 0.962 bits per heavy atom. The lowest BCUT2D eigenvalue weighted by Gasteiger charge is -2.56. The monoisotopic (exact) mass is 360 g/mol. The Morgan fingerprint density at radius 3 is 1.92 bits per heavy atom. The Balaban J connectivity index is 1.31. The molecule has 0 aromatic heterocycles. The molecule has 2 amide bonds. The predicted molar refractivity (Wildman–Crippen MR) is 102 cm³/mol. The van der Waals surface area contributed by atoms with E-state index in [1.807, 2.05) is 4.90 Å². The average molecular weight is 361 g/mol. The Morgan fingerprint density at radius 2 is 1.46 bits per heavy atom. The molecule has 0 unspecified atom stereocenters. The quantitative estimate of drug-likeness (QED) is 0.812. The van der Waals surface area contributed by atoms with Crippen LogP contribution in [0.2, 0.25) is 0 Å². The van der Waals surface area contributed by atoms with Crippen LogP contribution in [0.4, 0.5) is 0 Å². The molecule has 1 N–H and O–H groups in total. The van der Waals surface area contributed by atoms with Crippen molar-refractivity contribution in [1.29, 1.82) is 0 Å². The molecule has 0 atom stereocenters. The van der Waals surface area contributed by atoms with Crippen molar-refractivity contribution in [2.75, 3.05) is 13.1 Å². The number of nitrogens with one attached hydrogen (secondary N) is 1. The Bertz CT molecular complexity index is 511. The van der Waals surface area contributed by atoms with E-state index < -0.39 is 0 Å². The number of hydrogen-bond donors (Lipinski definition) is 1. The molecule has 0 radical (unpaired) electrons. The van der Waals surface area contributed by atoms with Crippen molar-refractivity contribution in [2.45, 2.75) is 84.1 Å². The number of carbonyl (C=O) groups excluding carboxylic acids is 2. The van der Waals surface area contributed by atoms with Gasteiger partial charge in [-0.15, -0.1) is 0 Å². The van der Waals surface area contributed by atoms with Crippen LogP contribution in [-0.4, -0.2) is 35.8 Å². The van der Waals surface area contributed by atoms with E-state index in [9.17, 15) is 9.59 Å². The molecule has 0 spiro atoms. The van der Waals surface area contributed by atoms with Gasteiger partial charge in [0.2, 0.25) is 11.8 Å². The van der Waals surface area contributed by atoms with Crippen molar-refractivity contribution in [2.24, 2.45) is 29.1 Å². The topological polar surface area (TPSA) is 49.4 Å². The van der Waals surface area contributed by atoms with Crippen LogP contribution < -0.4 is 5.32 Å². The molecule has 0 aromatic carbocycles. The van der Waals surface area contributed by atoms with Gasteiger partial charge in [0.15, 0.2) is 0 Å². The van der Waals surface area contributed by atoms with Crippen molar-refractivity contribution in [1.82, 2.24) is 10.2 Å². The third-order valence-corrected chi connectivity index (χ3v) is 8.00. The summed E-state index contributed by atoms with van der Waals surface area (Å²) in [5.41, 5.74) is -0.0444. The number of nitrogens with zero attached hydrogens (tertiary/aromatic N) is 1. The zero-order valence-corrected chi connectivity index (χ0v) is 16.6. The van der Waals surface area contributed by atoms with Crippen LogP contribution in [0.5, 0.6) is 0 Å². The second kappa shape index (κ2) is 7.16. The first kappa shape index (κ1) is 18.3. The number of rotatable bonds is 5. The summed E-state index contributed by atoms with van der Waals surface area (Å²) in [5, 5.41) is 3.42. The minimum atomic E-state index is -0.0444. The lowest BCUT2D eigenvalue weighted by atomic mass is 9.49. The van der Waals surface area contributed by atoms with Gasteiger partial charge in [0.05, 0.1) is 0 Å². The van der Waals surface area contributed by atoms with E-state index in [4.69, 9.17) is 0 Å². The van der Waals surface area contributed by atoms with Crippen molar-refractivity contribution < 1.29 is 9.59 Å². The molecule has 1 saturated heterocycles. The zero-order valence-electron chi connectivity index (χ0n) is 16.6. The summed E-state index contributed by atoms with van der Waals surface area (Å²) in [6.45, 7) is 5.82. The second-order valence-electron chi connectivity index (χ2n) is 9.78. The maximum Gasteiger partial charge on any atom is 0.226 e. The molecular formula is C22H36N2O2. The summed E-state index contributed by atoms with van der Waals surface area (Å²) in [4.78, 5) is 27.8. The molecular weight excluding hydrogens is 324 g/mol. The summed E-state index contributed by atoms with van der Waals surface area (Å²) in [5.74, 6) is 3.28. The molecule has 1 heterocycles. The summed E-state index contributed by atoms with van der Waals surface area (Å²) >= 11 is 0. The van der Waals surface area contributed by atoms with Crippen molar-refractivity contribution in [3.8, 4) is 0 Å². The first-order valence-electron chi connectivity index (χ1n) is 11.1. The summed E-state index contributed by atoms with van der Waals surface area (Å²) in [6, 6.07) is 0.265. The van der Waals surface area contributed by atoms with Gasteiger partial charge in [-0.25, -0.2) is 0 Å². The molecule has 5 fully saturated rings. The molecule has 4 heteroatoms. The van der Waals surface area contributed by atoms with Gasteiger partial charge in [0.1, 0.15) is 0 Å². The van der Waals surface area contributed by atoms with Gasteiger partial charge in [-0.2, -0.15) is 0 Å². The van der Waals surface area contributed by atoms with Gasteiger partial charge in [-0.05, 0) is 82.0 Å². The maximum atomic E-state index is 13.2.